The average molecular weight is 463 g/mol. The summed E-state index contributed by atoms with van der Waals surface area (Å²) in [6.07, 6.45) is 5.15. The van der Waals surface area contributed by atoms with Crippen LogP contribution >= 0.6 is 23.5 Å². The van der Waals surface area contributed by atoms with Gasteiger partial charge in [-0.15, -0.1) is 23.5 Å². The van der Waals surface area contributed by atoms with Crippen molar-refractivity contribution in [3.05, 3.63) is 29.8 Å². The molecule has 7 heteroatoms. The van der Waals surface area contributed by atoms with Crippen molar-refractivity contribution in [3.63, 3.8) is 0 Å². The summed E-state index contributed by atoms with van der Waals surface area (Å²) >= 11 is 4.01. The summed E-state index contributed by atoms with van der Waals surface area (Å²) in [5, 5.41) is 0. The lowest BCUT2D eigenvalue weighted by Crippen LogP contribution is -2.47. The molecule has 0 saturated carbocycles. The Kier molecular flexibility index (Phi) is 8.10. The molecule has 1 atom stereocenters. The fourth-order valence-corrected chi connectivity index (χ4v) is 7.56. The molecule has 31 heavy (non-hydrogen) atoms. The second-order valence-electron chi connectivity index (χ2n) is 8.97. The van der Waals surface area contributed by atoms with Gasteiger partial charge in [0.15, 0.2) is 6.61 Å². The van der Waals surface area contributed by atoms with Gasteiger partial charge < -0.3 is 14.5 Å². The van der Waals surface area contributed by atoms with Gasteiger partial charge in [-0.05, 0) is 67.2 Å². The van der Waals surface area contributed by atoms with Crippen molar-refractivity contribution < 1.29 is 14.3 Å². The number of rotatable bonds is 5. The smallest absolute Gasteiger partial charge is 0.260 e. The van der Waals surface area contributed by atoms with Crippen LogP contribution in [-0.4, -0.2) is 65.9 Å². The number of carbonyl (C=O) groups is 2. The molecule has 0 aromatic heterocycles. The van der Waals surface area contributed by atoms with Crippen LogP contribution in [0.15, 0.2) is 24.3 Å². The van der Waals surface area contributed by atoms with Crippen molar-refractivity contribution in [1.29, 1.82) is 0 Å². The molecule has 1 aromatic rings. The topological polar surface area (TPSA) is 49.9 Å². The predicted molar refractivity (Wildman–Crippen MR) is 128 cm³/mol. The first-order valence-corrected chi connectivity index (χ1v) is 13.7. The summed E-state index contributed by atoms with van der Waals surface area (Å²) in [6, 6.07) is 8.19. The first-order chi connectivity index (χ1) is 15.1. The highest BCUT2D eigenvalue weighted by atomic mass is 32.2. The van der Waals surface area contributed by atoms with Crippen molar-refractivity contribution in [3.8, 4) is 5.75 Å². The SMILES string of the molecule is CC1CCCN(C(=O)C2CCN(C(=O)COc3ccc(C4SCCCS4)cc3)CC2)C1. The molecule has 170 valence electrons. The number of hydrogen-bond acceptors (Lipinski definition) is 5. The van der Waals surface area contributed by atoms with Crippen LogP contribution in [0.5, 0.6) is 5.75 Å². The van der Waals surface area contributed by atoms with E-state index in [4.69, 9.17) is 4.74 Å². The Hall–Kier alpha value is -1.34. The van der Waals surface area contributed by atoms with Crippen LogP contribution in [0.1, 0.15) is 49.2 Å². The van der Waals surface area contributed by atoms with Gasteiger partial charge in [0.1, 0.15) is 5.75 Å². The molecule has 3 aliphatic heterocycles. The van der Waals surface area contributed by atoms with Gasteiger partial charge in [-0.25, -0.2) is 0 Å². The first-order valence-electron chi connectivity index (χ1n) is 11.6. The third-order valence-electron chi connectivity index (χ3n) is 6.51. The van der Waals surface area contributed by atoms with E-state index in [1.54, 1.807) is 0 Å². The fraction of sp³-hybridized carbons (Fsp3) is 0.667. The molecule has 0 N–H and O–H groups in total. The van der Waals surface area contributed by atoms with E-state index >= 15 is 0 Å². The van der Waals surface area contributed by atoms with E-state index < -0.39 is 0 Å². The highest BCUT2D eigenvalue weighted by Gasteiger charge is 2.31. The van der Waals surface area contributed by atoms with Gasteiger partial charge in [0.2, 0.25) is 5.91 Å². The van der Waals surface area contributed by atoms with Gasteiger partial charge in [-0.1, -0.05) is 19.1 Å². The van der Waals surface area contributed by atoms with E-state index in [0.717, 1.165) is 38.1 Å². The molecule has 5 nitrogen and oxygen atoms in total. The number of ether oxygens (including phenoxy) is 1. The average Bonchev–Trinajstić information content (AvgIpc) is 2.83. The lowest BCUT2D eigenvalue weighted by molar-refractivity contribution is -0.142. The predicted octanol–water partition coefficient (Wildman–Crippen LogP) is 4.43. The summed E-state index contributed by atoms with van der Waals surface area (Å²) in [6.45, 7) is 5.38. The van der Waals surface area contributed by atoms with E-state index in [9.17, 15) is 9.59 Å². The first kappa shape index (κ1) is 22.8. The van der Waals surface area contributed by atoms with Crippen LogP contribution in [-0.2, 0) is 9.59 Å². The van der Waals surface area contributed by atoms with Crippen molar-refractivity contribution in [2.45, 2.75) is 43.6 Å². The molecule has 0 radical (unpaired) electrons. The van der Waals surface area contributed by atoms with E-state index in [1.165, 1.54) is 29.9 Å². The maximum atomic E-state index is 12.8. The summed E-state index contributed by atoms with van der Waals surface area (Å²) in [5.74, 6) is 4.17. The monoisotopic (exact) mass is 462 g/mol. The van der Waals surface area contributed by atoms with Crippen LogP contribution in [0.4, 0.5) is 0 Å². The minimum atomic E-state index is 0.0139. The Balaban J connectivity index is 1.20. The molecule has 1 aromatic carbocycles. The summed E-state index contributed by atoms with van der Waals surface area (Å²) in [4.78, 5) is 29.3. The number of amides is 2. The molecule has 3 fully saturated rings. The number of carbonyl (C=O) groups excluding carboxylic acids is 2. The highest BCUT2D eigenvalue weighted by molar-refractivity contribution is 8.16. The normalized spacial score (nSPS) is 23.6. The number of likely N-dealkylation sites (tertiary alicyclic amines) is 2. The molecular formula is C24H34N2O3S2. The standard InChI is InChI=1S/C24H34N2O3S2/c1-18-4-2-11-26(16-18)23(28)19-9-12-25(13-10-19)22(27)17-29-21-7-5-20(6-8-21)24-30-14-3-15-31-24/h5-8,18-19,24H,2-4,9-17H2,1H3. The number of thioether (sulfide) groups is 2. The Morgan fingerprint density at radius 2 is 1.68 bits per heavy atom. The van der Waals surface area contributed by atoms with E-state index in [0.29, 0.717) is 29.5 Å². The Morgan fingerprint density at radius 3 is 2.35 bits per heavy atom. The third-order valence-corrected chi connectivity index (χ3v) is 9.52. The Bertz CT molecular complexity index is 744. The van der Waals surface area contributed by atoms with E-state index in [2.05, 4.69) is 19.1 Å². The molecule has 3 heterocycles. The van der Waals surface area contributed by atoms with Gasteiger partial charge in [0.05, 0.1) is 4.58 Å². The molecule has 0 aliphatic carbocycles. The molecule has 3 aliphatic rings. The lowest BCUT2D eigenvalue weighted by Gasteiger charge is -2.37. The van der Waals surface area contributed by atoms with Crippen LogP contribution in [0.2, 0.25) is 0 Å². The van der Waals surface area contributed by atoms with Crippen LogP contribution in [0, 0.1) is 11.8 Å². The molecule has 3 saturated heterocycles. The van der Waals surface area contributed by atoms with Gasteiger partial charge in [-0.3, -0.25) is 9.59 Å². The van der Waals surface area contributed by atoms with Crippen LogP contribution in [0.25, 0.3) is 0 Å². The summed E-state index contributed by atoms with van der Waals surface area (Å²) in [7, 11) is 0. The zero-order valence-corrected chi connectivity index (χ0v) is 20.1. The molecule has 4 rings (SSSR count). The number of hydrogen-bond donors (Lipinski definition) is 0. The molecule has 0 bridgehead atoms. The van der Waals surface area contributed by atoms with Crippen molar-refractivity contribution in [1.82, 2.24) is 9.80 Å². The molecular weight excluding hydrogens is 428 g/mol. The zero-order valence-electron chi connectivity index (χ0n) is 18.5. The number of nitrogens with zero attached hydrogens (tertiary/aromatic N) is 2. The molecule has 1 unspecified atom stereocenters. The summed E-state index contributed by atoms with van der Waals surface area (Å²) in [5.41, 5.74) is 1.32. The van der Waals surface area contributed by atoms with Crippen LogP contribution < -0.4 is 4.74 Å². The highest BCUT2D eigenvalue weighted by Crippen LogP contribution is 2.43. The fourth-order valence-electron chi connectivity index (χ4n) is 4.66. The van der Waals surface area contributed by atoms with Gasteiger partial charge in [-0.2, -0.15) is 0 Å². The minimum absolute atomic E-state index is 0.0139. The minimum Gasteiger partial charge on any atom is -0.484 e. The van der Waals surface area contributed by atoms with Gasteiger partial charge in [0.25, 0.3) is 5.91 Å². The van der Waals surface area contributed by atoms with Crippen molar-refractivity contribution >= 4 is 35.3 Å². The maximum Gasteiger partial charge on any atom is 0.260 e. The van der Waals surface area contributed by atoms with E-state index in [1.807, 2.05) is 45.5 Å². The van der Waals surface area contributed by atoms with Gasteiger partial charge in [0, 0.05) is 32.1 Å². The van der Waals surface area contributed by atoms with Crippen molar-refractivity contribution in [2.24, 2.45) is 11.8 Å². The number of piperidine rings is 2. The maximum absolute atomic E-state index is 12.8. The lowest BCUT2D eigenvalue weighted by atomic mass is 9.93. The second kappa shape index (κ2) is 11.0. The molecule has 2 amide bonds. The van der Waals surface area contributed by atoms with Crippen LogP contribution in [0.3, 0.4) is 0 Å². The molecule has 0 spiro atoms. The zero-order chi connectivity index (χ0) is 21.6. The van der Waals surface area contributed by atoms with Crippen molar-refractivity contribution in [2.75, 3.05) is 44.3 Å². The summed E-state index contributed by atoms with van der Waals surface area (Å²) < 4.78 is 6.28. The Labute approximate surface area is 194 Å². The second-order valence-corrected chi connectivity index (χ2v) is 11.7. The third kappa shape index (κ3) is 6.13. The van der Waals surface area contributed by atoms with Gasteiger partial charge >= 0.3 is 0 Å². The largest absolute Gasteiger partial charge is 0.484 e. The Morgan fingerprint density at radius 1 is 0.968 bits per heavy atom. The number of benzene rings is 1. The quantitative estimate of drug-likeness (QED) is 0.648. The van der Waals surface area contributed by atoms with E-state index in [-0.39, 0.29) is 18.4 Å².